The molecule has 1 unspecified atom stereocenters. The molecule has 0 aromatic heterocycles. The van der Waals surface area contributed by atoms with Gasteiger partial charge in [-0.3, -0.25) is 9.13 Å². The minimum atomic E-state index is -4.82. The van der Waals surface area contributed by atoms with Crippen LogP contribution in [0.2, 0.25) is 0 Å². The van der Waals surface area contributed by atoms with Crippen LogP contribution in [0.5, 0.6) is 0 Å². The molecular formula is C7H17NO9P2. The van der Waals surface area contributed by atoms with Crippen LogP contribution < -0.4 is 0 Å². The van der Waals surface area contributed by atoms with E-state index in [1.807, 2.05) is 0 Å². The lowest BCUT2D eigenvalue weighted by atomic mass is 9.99. The SMILES string of the molecule is CC(C)C(O)(C(=O)O)N(CP(=O)(O)O)CP(=O)(O)O. The molecule has 0 amide bonds. The van der Waals surface area contributed by atoms with Crippen LogP contribution >= 0.6 is 15.2 Å². The topological polar surface area (TPSA) is 176 Å². The quantitative estimate of drug-likeness (QED) is 0.251. The Bertz CT molecular complexity index is 402. The van der Waals surface area contributed by atoms with Crippen LogP contribution in [-0.4, -0.2) is 59.0 Å². The van der Waals surface area contributed by atoms with Crippen molar-refractivity contribution in [3.8, 4) is 0 Å². The molecule has 114 valence electrons. The van der Waals surface area contributed by atoms with Gasteiger partial charge in [0.05, 0.1) is 0 Å². The summed E-state index contributed by atoms with van der Waals surface area (Å²) in [6.45, 7) is 2.47. The third-order valence-corrected chi connectivity index (χ3v) is 3.73. The predicted molar refractivity (Wildman–Crippen MR) is 63.1 cm³/mol. The molecule has 0 aliphatic heterocycles. The highest BCUT2D eigenvalue weighted by Crippen LogP contribution is 2.44. The Kier molecular flexibility index (Phi) is 5.89. The van der Waals surface area contributed by atoms with E-state index in [4.69, 9.17) is 24.7 Å². The first-order chi connectivity index (χ1) is 8.20. The average Bonchev–Trinajstić information content (AvgIpc) is 2.09. The fourth-order valence-corrected chi connectivity index (χ4v) is 3.13. The van der Waals surface area contributed by atoms with E-state index >= 15 is 0 Å². The summed E-state index contributed by atoms with van der Waals surface area (Å²) in [5, 5.41) is 19.0. The molecule has 0 aromatic rings. The molecule has 10 nitrogen and oxygen atoms in total. The maximum Gasteiger partial charge on any atom is 0.351 e. The molecular weight excluding hydrogens is 304 g/mol. The number of nitrogens with zero attached hydrogens (tertiary/aromatic N) is 1. The molecule has 0 aliphatic rings. The summed E-state index contributed by atoms with van der Waals surface area (Å²) < 4.78 is 21.8. The number of carbonyl (C=O) groups is 1. The molecule has 0 spiro atoms. The maximum absolute atomic E-state index is 11.1. The molecule has 0 fully saturated rings. The van der Waals surface area contributed by atoms with Crippen molar-refractivity contribution in [2.45, 2.75) is 19.6 Å². The molecule has 6 N–H and O–H groups in total. The standard InChI is InChI=1S/C7H17NO9P2/c1-5(2)7(11,6(9)10)8(3-18(12,13)14)4-19(15,16)17/h5,11H,3-4H2,1-2H3,(H,9,10)(H2,12,13,14)(H2,15,16,17). The molecule has 0 bridgehead atoms. The number of carboxylic acids is 1. The molecule has 1 atom stereocenters. The van der Waals surface area contributed by atoms with Crippen LogP contribution in [0.4, 0.5) is 0 Å². The Labute approximate surface area is 109 Å². The highest BCUT2D eigenvalue weighted by atomic mass is 31.2. The largest absolute Gasteiger partial charge is 0.478 e. The fraction of sp³-hybridized carbons (Fsp3) is 0.857. The van der Waals surface area contributed by atoms with E-state index < -0.39 is 45.4 Å². The van der Waals surface area contributed by atoms with Gasteiger partial charge in [-0.1, -0.05) is 13.8 Å². The number of hydrogen-bond acceptors (Lipinski definition) is 5. The Balaban J connectivity index is 5.61. The minimum Gasteiger partial charge on any atom is -0.478 e. The molecule has 12 heteroatoms. The zero-order chi connectivity index (χ0) is 15.6. The fourth-order valence-electron chi connectivity index (χ4n) is 1.45. The lowest BCUT2D eigenvalue weighted by molar-refractivity contribution is -0.190. The van der Waals surface area contributed by atoms with Crippen molar-refractivity contribution >= 4 is 21.2 Å². The summed E-state index contributed by atoms with van der Waals surface area (Å²) in [5.41, 5.74) is -2.80. The number of carboxylic acid groups (broad SMARTS) is 1. The normalized spacial score (nSPS) is 16.7. The van der Waals surface area contributed by atoms with E-state index in [-0.39, 0.29) is 4.90 Å². The third kappa shape index (κ3) is 5.68. The molecule has 0 heterocycles. The van der Waals surface area contributed by atoms with Crippen molar-refractivity contribution in [1.29, 1.82) is 0 Å². The molecule has 0 rings (SSSR count). The van der Waals surface area contributed by atoms with E-state index in [9.17, 15) is 19.0 Å². The van der Waals surface area contributed by atoms with Gasteiger partial charge in [-0.15, -0.1) is 0 Å². The van der Waals surface area contributed by atoms with Gasteiger partial charge in [0.2, 0.25) is 5.72 Å². The maximum atomic E-state index is 11.1. The van der Waals surface area contributed by atoms with Gasteiger partial charge in [0, 0.05) is 5.92 Å². The van der Waals surface area contributed by atoms with Crippen molar-refractivity contribution in [3.63, 3.8) is 0 Å². The summed E-state index contributed by atoms with van der Waals surface area (Å²) in [6.07, 6.45) is -2.59. The van der Waals surface area contributed by atoms with Gasteiger partial charge in [-0.25, -0.2) is 9.69 Å². The van der Waals surface area contributed by atoms with Gasteiger partial charge in [0.15, 0.2) is 0 Å². The number of hydrogen-bond donors (Lipinski definition) is 6. The van der Waals surface area contributed by atoms with Crippen LogP contribution in [-0.2, 0) is 13.9 Å². The first-order valence-corrected chi connectivity index (χ1v) is 8.59. The Hall–Kier alpha value is -0.310. The zero-order valence-electron chi connectivity index (χ0n) is 10.2. The van der Waals surface area contributed by atoms with Crippen molar-refractivity contribution in [2.24, 2.45) is 5.92 Å². The molecule has 0 saturated carbocycles. The van der Waals surface area contributed by atoms with Gasteiger partial charge in [-0.2, -0.15) is 0 Å². The Morgan fingerprint density at radius 3 is 1.58 bits per heavy atom. The first kappa shape index (κ1) is 18.7. The first-order valence-electron chi connectivity index (χ1n) is 5.00. The van der Waals surface area contributed by atoms with Crippen LogP contribution in [0.15, 0.2) is 0 Å². The zero-order valence-corrected chi connectivity index (χ0v) is 12.0. The van der Waals surface area contributed by atoms with E-state index in [1.165, 1.54) is 13.8 Å². The van der Waals surface area contributed by atoms with Gasteiger partial charge in [0.25, 0.3) is 0 Å². The lowest BCUT2D eigenvalue weighted by Gasteiger charge is -2.38. The second kappa shape index (κ2) is 5.99. The summed E-state index contributed by atoms with van der Waals surface area (Å²) >= 11 is 0. The van der Waals surface area contributed by atoms with Crippen LogP contribution in [0.25, 0.3) is 0 Å². The smallest absolute Gasteiger partial charge is 0.351 e. The van der Waals surface area contributed by atoms with Gasteiger partial charge < -0.3 is 29.8 Å². The third-order valence-electron chi connectivity index (χ3n) is 2.31. The minimum absolute atomic E-state index is 0.182. The second-order valence-electron chi connectivity index (χ2n) is 4.34. The van der Waals surface area contributed by atoms with Crippen molar-refractivity contribution in [2.75, 3.05) is 12.6 Å². The Morgan fingerprint density at radius 2 is 1.42 bits per heavy atom. The van der Waals surface area contributed by atoms with Gasteiger partial charge >= 0.3 is 21.2 Å². The summed E-state index contributed by atoms with van der Waals surface area (Å²) in [6, 6.07) is 0. The average molecular weight is 321 g/mol. The highest BCUT2D eigenvalue weighted by Gasteiger charge is 2.49. The van der Waals surface area contributed by atoms with E-state index in [1.54, 1.807) is 0 Å². The van der Waals surface area contributed by atoms with Crippen LogP contribution in [0.1, 0.15) is 13.8 Å². The number of aliphatic carboxylic acids is 1. The molecule has 19 heavy (non-hydrogen) atoms. The predicted octanol–water partition coefficient (Wildman–Crippen LogP) is -1.01. The van der Waals surface area contributed by atoms with E-state index in [0.29, 0.717) is 0 Å². The van der Waals surface area contributed by atoms with E-state index in [2.05, 4.69) is 0 Å². The highest BCUT2D eigenvalue weighted by molar-refractivity contribution is 7.52. The van der Waals surface area contributed by atoms with Crippen molar-refractivity contribution in [3.05, 3.63) is 0 Å². The van der Waals surface area contributed by atoms with E-state index in [0.717, 1.165) is 0 Å². The number of rotatable bonds is 7. The molecule has 0 aromatic carbocycles. The summed E-state index contributed by atoms with van der Waals surface area (Å²) in [5.74, 6) is -2.92. The van der Waals surface area contributed by atoms with Crippen LogP contribution in [0.3, 0.4) is 0 Å². The Morgan fingerprint density at radius 1 is 1.11 bits per heavy atom. The second-order valence-corrected chi connectivity index (χ2v) is 7.56. The number of aliphatic hydroxyl groups is 1. The molecule has 0 radical (unpaired) electrons. The molecule has 0 saturated heterocycles. The monoisotopic (exact) mass is 321 g/mol. The lowest BCUT2D eigenvalue weighted by Crippen LogP contribution is -2.58. The van der Waals surface area contributed by atoms with Crippen LogP contribution in [0, 0.1) is 5.92 Å². The molecule has 0 aliphatic carbocycles. The van der Waals surface area contributed by atoms with Gasteiger partial charge in [-0.05, 0) is 0 Å². The summed E-state index contributed by atoms with van der Waals surface area (Å²) in [7, 11) is -9.65. The summed E-state index contributed by atoms with van der Waals surface area (Å²) in [4.78, 5) is 46.6. The van der Waals surface area contributed by atoms with Crippen molar-refractivity contribution < 1.29 is 43.7 Å². The van der Waals surface area contributed by atoms with Gasteiger partial charge in [0.1, 0.15) is 12.6 Å². The van der Waals surface area contributed by atoms with Crippen molar-refractivity contribution in [1.82, 2.24) is 4.90 Å².